The summed E-state index contributed by atoms with van der Waals surface area (Å²) in [6.45, 7) is 2.65. The molecule has 1 aromatic carbocycles. The summed E-state index contributed by atoms with van der Waals surface area (Å²) < 4.78 is 5.85. The van der Waals surface area contributed by atoms with E-state index in [9.17, 15) is 5.11 Å². The van der Waals surface area contributed by atoms with Crippen molar-refractivity contribution in [2.45, 2.75) is 25.3 Å². The molecule has 1 fully saturated rings. The molecule has 6 nitrogen and oxygen atoms in total. The molecule has 0 unspecified atom stereocenters. The van der Waals surface area contributed by atoms with Gasteiger partial charge >= 0.3 is 0 Å². The summed E-state index contributed by atoms with van der Waals surface area (Å²) in [6, 6.07) is 10.4. The first-order valence-corrected chi connectivity index (χ1v) is 8.97. The van der Waals surface area contributed by atoms with Crippen LogP contribution >= 0.6 is 0 Å². The highest BCUT2D eigenvalue weighted by Gasteiger charge is 2.25. The van der Waals surface area contributed by atoms with Gasteiger partial charge in [0.25, 0.3) is 0 Å². The van der Waals surface area contributed by atoms with Crippen molar-refractivity contribution >= 4 is 11.6 Å². The number of ether oxygens (including phenoxy) is 1. The molecule has 2 N–H and O–H groups in total. The third kappa shape index (κ3) is 3.54. The van der Waals surface area contributed by atoms with Gasteiger partial charge in [0.05, 0.1) is 19.3 Å². The van der Waals surface area contributed by atoms with Gasteiger partial charge < -0.3 is 20.1 Å². The van der Waals surface area contributed by atoms with Crippen LogP contribution in [0.2, 0.25) is 0 Å². The highest BCUT2D eigenvalue weighted by molar-refractivity contribution is 5.50. The Morgan fingerprint density at radius 1 is 1.28 bits per heavy atom. The van der Waals surface area contributed by atoms with Crippen LogP contribution in [0.5, 0.6) is 5.75 Å². The summed E-state index contributed by atoms with van der Waals surface area (Å²) in [7, 11) is 0. The summed E-state index contributed by atoms with van der Waals surface area (Å²) in [6.07, 6.45) is 4.72. The van der Waals surface area contributed by atoms with Gasteiger partial charge in [-0.3, -0.25) is 0 Å². The van der Waals surface area contributed by atoms with Gasteiger partial charge in [0.15, 0.2) is 0 Å². The topological polar surface area (TPSA) is 70.5 Å². The number of rotatable bonds is 5. The number of anilines is 2. The predicted octanol–water partition coefficient (Wildman–Crippen LogP) is 2.10. The third-order valence-electron chi connectivity index (χ3n) is 5.06. The van der Waals surface area contributed by atoms with Crippen LogP contribution in [0, 0.1) is 5.92 Å². The van der Waals surface area contributed by atoms with Crippen LogP contribution in [0.3, 0.4) is 0 Å². The smallest absolute Gasteiger partial charge is 0.134 e. The van der Waals surface area contributed by atoms with Crippen molar-refractivity contribution in [2.24, 2.45) is 5.92 Å². The number of fused-ring (bicyclic) bond motifs is 1. The molecule has 0 spiro atoms. The molecule has 25 heavy (non-hydrogen) atoms. The fraction of sp³-hybridized carbons (Fsp3) is 0.474. The van der Waals surface area contributed by atoms with E-state index in [1.807, 2.05) is 18.2 Å². The minimum atomic E-state index is 0.172. The first-order valence-electron chi connectivity index (χ1n) is 8.97. The highest BCUT2D eigenvalue weighted by Crippen LogP contribution is 2.27. The molecule has 4 rings (SSSR count). The quantitative estimate of drug-likeness (QED) is 0.869. The lowest BCUT2D eigenvalue weighted by molar-refractivity contribution is 0.229. The molecular formula is C19H24N4O2. The summed E-state index contributed by atoms with van der Waals surface area (Å²) >= 11 is 0. The maximum absolute atomic E-state index is 9.51. The second-order valence-electron chi connectivity index (χ2n) is 6.80. The summed E-state index contributed by atoms with van der Waals surface area (Å²) in [5.41, 5.74) is 1.27. The molecule has 2 aromatic rings. The van der Waals surface area contributed by atoms with Crippen molar-refractivity contribution in [3.63, 3.8) is 0 Å². The van der Waals surface area contributed by atoms with Crippen LogP contribution in [0.4, 0.5) is 11.6 Å². The number of hydrogen-bond donors (Lipinski definition) is 2. The van der Waals surface area contributed by atoms with Crippen LogP contribution in [-0.2, 0) is 6.42 Å². The lowest BCUT2D eigenvalue weighted by Crippen LogP contribution is -2.33. The Balaban J connectivity index is 1.38. The molecule has 6 heteroatoms. The van der Waals surface area contributed by atoms with Crippen LogP contribution in [0.15, 0.2) is 36.7 Å². The first kappa shape index (κ1) is 16.1. The van der Waals surface area contributed by atoms with E-state index in [0.717, 1.165) is 56.3 Å². The van der Waals surface area contributed by atoms with E-state index in [4.69, 9.17) is 4.74 Å². The Bertz CT molecular complexity index is 724. The molecule has 132 valence electrons. The van der Waals surface area contributed by atoms with Crippen LogP contribution in [0.1, 0.15) is 18.4 Å². The van der Waals surface area contributed by atoms with E-state index in [0.29, 0.717) is 5.92 Å². The zero-order chi connectivity index (χ0) is 17.1. The van der Waals surface area contributed by atoms with Gasteiger partial charge in [0.1, 0.15) is 23.7 Å². The molecule has 0 bridgehead atoms. The molecule has 0 radical (unpaired) electrons. The average Bonchev–Trinajstić information content (AvgIpc) is 3.15. The highest BCUT2D eigenvalue weighted by atomic mass is 16.5. The van der Waals surface area contributed by atoms with Gasteiger partial charge in [-0.15, -0.1) is 0 Å². The standard InChI is InChI=1S/C19H24N4O2/c24-11-16-5-3-7-23(16)19-9-18(21-13-22-19)20-10-14-8-15-4-1-2-6-17(15)25-12-14/h1-2,4,6,9,13-14,16,24H,3,5,7-8,10-12H2,(H,20,21,22)/t14-,16+/m0/s1. The zero-order valence-corrected chi connectivity index (χ0v) is 14.3. The fourth-order valence-electron chi connectivity index (χ4n) is 3.70. The molecule has 1 aromatic heterocycles. The van der Waals surface area contributed by atoms with E-state index in [1.165, 1.54) is 5.56 Å². The van der Waals surface area contributed by atoms with Crippen LogP contribution in [-0.4, -0.2) is 47.4 Å². The number of aliphatic hydroxyl groups excluding tert-OH is 1. The van der Waals surface area contributed by atoms with Crippen molar-refractivity contribution in [1.29, 1.82) is 0 Å². The maximum atomic E-state index is 9.51. The zero-order valence-electron chi connectivity index (χ0n) is 14.3. The number of nitrogens with zero attached hydrogens (tertiary/aromatic N) is 3. The largest absolute Gasteiger partial charge is 0.493 e. The molecule has 3 heterocycles. The second-order valence-corrected chi connectivity index (χ2v) is 6.80. The Labute approximate surface area is 147 Å². The monoisotopic (exact) mass is 340 g/mol. The maximum Gasteiger partial charge on any atom is 0.134 e. The molecule has 0 saturated carbocycles. The Morgan fingerprint density at radius 2 is 2.20 bits per heavy atom. The van der Waals surface area contributed by atoms with Gasteiger partial charge in [0.2, 0.25) is 0 Å². The summed E-state index contributed by atoms with van der Waals surface area (Å²) in [5.74, 6) is 3.14. The molecule has 2 atom stereocenters. The number of benzene rings is 1. The Kier molecular flexibility index (Phi) is 4.70. The van der Waals surface area contributed by atoms with E-state index >= 15 is 0 Å². The van der Waals surface area contributed by atoms with E-state index < -0.39 is 0 Å². The minimum Gasteiger partial charge on any atom is -0.493 e. The average molecular weight is 340 g/mol. The SMILES string of the molecule is OC[C@H]1CCCN1c1cc(NC[C@H]2COc3ccccc3C2)ncn1. The summed E-state index contributed by atoms with van der Waals surface area (Å²) in [5, 5.41) is 12.9. The van der Waals surface area contributed by atoms with Gasteiger partial charge in [-0.1, -0.05) is 18.2 Å². The molecular weight excluding hydrogens is 316 g/mol. The number of aliphatic hydroxyl groups is 1. The lowest BCUT2D eigenvalue weighted by Gasteiger charge is -2.26. The van der Waals surface area contributed by atoms with Crippen molar-refractivity contribution in [2.75, 3.05) is 36.5 Å². The van der Waals surface area contributed by atoms with E-state index in [2.05, 4.69) is 32.3 Å². The molecule has 2 aliphatic heterocycles. The first-order chi connectivity index (χ1) is 12.3. The Morgan fingerprint density at radius 3 is 3.12 bits per heavy atom. The minimum absolute atomic E-state index is 0.172. The number of aromatic nitrogens is 2. The van der Waals surface area contributed by atoms with Gasteiger partial charge in [-0.25, -0.2) is 9.97 Å². The molecule has 0 aliphatic carbocycles. The van der Waals surface area contributed by atoms with Crippen molar-refractivity contribution < 1.29 is 9.84 Å². The van der Waals surface area contributed by atoms with Gasteiger partial charge in [-0.05, 0) is 30.9 Å². The van der Waals surface area contributed by atoms with Crippen molar-refractivity contribution in [3.8, 4) is 5.75 Å². The number of hydrogen-bond acceptors (Lipinski definition) is 6. The van der Waals surface area contributed by atoms with Crippen molar-refractivity contribution in [3.05, 3.63) is 42.2 Å². The second kappa shape index (κ2) is 7.27. The van der Waals surface area contributed by atoms with Crippen LogP contribution < -0.4 is 15.0 Å². The van der Waals surface area contributed by atoms with Crippen molar-refractivity contribution in [1.82, 2.24) is 9.97 Å². The predicted molar refractivity (Wildman–Crippen MR) is 97.1 cm³/mol. The van der Waals surface area contributed by atoms with Gasteiger partial charge in [-0.2, -0.15) is 0 Å². The van der Waals surface area contributed by atoms with Gasteiger partial charge in [0, 0.05) is 25.1 Å². The normalized spacial score (nSPS) is 22.4. The fourth-order valence-corrected chi connectivity index (χ4v) is 3.70. The molecule has 0 amide bonds. The van der Waals surface area contributed by atoms with E-state index in [1.54, 1.807) is 6.33 Å². The summed E-state index contributed by atoms with van der Waals surface area (Å²) in [4.78, 5) is 10.9. The molecule has 1 saturated heterocycles. The van der Waals surface area contributed by atoms with Crippen LogP contribution in [0.25, 0.3) is 0 Å². The Hall–Kier alpha value is -2.34. The molecule has 2 aliphatic rings. The van der Waals surface area contributed by atoms with E-state index in [-0.39, 0.29) is 12.6 Å². The number of nitrogens with one attached hydrogen (secondary N) is 1. The third-order valence-corrected chi connectivity index (χ3v) is 5.06. The number of para-hydroxylation sites is 1. The lowest BCUT2D eigenvalue weighted by atomic mass is 9.97.